The summed E-state index contributed by atoms with van der Waals surface area (Å²) in [5.41, 5.74) is 0. The average molecular weight is 247 g/mol. The van der Waals surface area contributed by atoms with Gasteiger partial charge in [0.25, 0.3) is 0 Å². The van der Waals surface area contributed by atoms with Crippen LogP contribution in [0.3, 0.4) is 0 Å². The fourth-order valence-corrected chi connectivity index (χ4v) is 0. The zero-order valence-electron chi connectivity index (χ0n) is 4.62. The molecule has 2 radical (unpaired) electrons. The SMILES string of the molecule is S.[H-].[H-].[Mg+2].[SnH2].[Zn]. The molecule has 0 heterocycles. The second-order valence-corrected chi connectivity index (χ2v) is 0. The van der Waals surface area contributed by atoms with E-state index in [4.69, 9.17) is 0 Å². The minimum absolute atomic E-state index is 0. The predicted molar refractivity (Wildman–Crippen MR) is 26.9 cm³/mol. The van der Waals surface area contributed by atoms with E-state index in [1.807, 2.05) is 0 Å². The number of hydrogen-bond donors (Lipinski definition) is 0. The Morgan fingerprint density at radius 3 is 1.25 bits per heavy atom. The summed E-state index contributed by atoms with van der Waals surface area (Å²) in [6, 6.07) is 0. The number of rotatable bonds is 0. The van der Waals surface area contributed by atoms with Gasteiger partial charge in [-0.05, 0) is 0 Å². The van der Waals surface area contributed by atoms with Gasteiger partial charge in [0.15, 0.2) is 0 Å². The maximum absolute atomic E-state index is 0. The standard InChI is InChI=1S/Mg.H2S.Sn.Zn.4H/h;1H2;;;;;;/q+2;;;;;;2*-1. The minimum Gasteiger partial charge on any atom is 0 e. The average Bonchev–Trinajstić information content (AvgIpc) is 0. The summed E-state index contributed by atoms with van der Waals surface area (Å²) in [5.74, 6) is 0. The van der Waals surface area contributed by atoms with Gasteiger partial charge >= 0.3 is 47.0 Å². The molecule has 0 rings (SSSR count). The van der Waals surface area contributed by atoms with Crippen molar-refractivity contribution >= 4 is 60.5 Å². The van der Waals surface area contributed by atoms with Gasteiger partial charge in [0.2, 0.25) is 0 Å². The first-order valence-corrected chi connectivity index (χ1v) is 0. The second-order valence-electron chi connectivity index (χ2n) is 0. The van der Waals surface area contributed by atoms with E-state index in [1.165, 1.54) is 0 Å². The summed E-state index contributed by atoms with van der Waals surface area (Å²) < 4.78 is 0. The van der Waals surface area contributed by atoms with Crippen molar-refractivity contribution in [3.05, 3.63) is 0 Å². The van der Waals surface area contributed by atoms with Gasteiger partial charge in [0, 0.05) is 19.5 Å². The van der Waals surface area contributed by atoms with Crippen LogP contribution in [0.15, 0.2) is 0 Å². The summed E-state index contributed by atoms with van der Waals surface area (Å²) in [4.78, 5) is 0. The molecule has 0 N–H and O–H groups in total. The van der Waals surface area contributed by atoms with Gasteiger partial charge in [-0.15, -0.1) is 0 Å². The van der Waals surface area contributed by atoms with Gasteiger partial charge in [-0.1, -0.05) is 0 Å². The van der Waals surface area contributed by atoms with Crippen LogP contribution in [0.2, 0.25) is 0 Å². The second kappa shape index (κ2) is 17.7. The van der Waals surface area contributed by atoms with Crippen LogP contribution in [-0.2, 0) is 19.5 Å². The molecule has 0 aliphatic carbocycles. The van der Waals surface area contributed by atoms with Gasteiger partial charge in [-0.2, -0.15) is 13.5 Å². The molecule has 0 spiro atoms. The van der Waals surface area contributed by atoms with Gasteiger partial charge in [-0.25, -0.2) is 0 Å². The molecule has 0 saturated heterocycles. The predicted octanol–water partition coefficient (Wildman–Crippen LogP) is -0.962. The van der Waals surface area contributed by atoms with Crippen LogP contribution in [0.4, 0.5) is 0 Å². The molecule has 0 amide bonds. The molecule has 4 heavy (non-hydrogen) atoms. The van der Waals surface area contributed by atoms with Crippen LogP contribution in [0.1, 0.15) is 2.85 Å². The Morgan fingerprint density at radius 1 is 1.25 bits per heavy atom. The molecule has 0 bridgehead atoms. The quantitative estimate of drug-likeness (QED) is 0.483. The molecule has 0 aromatic rings. The topological polar surface area (TPSA) is 0 Å². The van der Waals surface area contributed by atoms with Crippen molar-refractivity contribution in [2.75, 3.05) is 0 Å². The van der Waals surface area contributed by atoms with Crippen LogP contribution in [-0.4, -0.2) is 47.0 Å². The third-order valence-electron chi connectivity index (χ3n) is 0. The Balaban J connectivity index is 0. The van der Waals surface area contributed by atoms with E-state index >= 15 is 0 Å². The minimum atomic E-state index is 0. The molecule has 0 fully saturated rings. The molecular weight excluding hydrogens is 240 g/mol. The first-order valence-electron chi connectivity index (χ1n) is 0. The van der Waals surface area contributed by atoms with Crippen molar-refractivity contribution in [2.45, 2.75) is 0 Å². The monoisotopic (exact) mass is 246 g/mol. The summed E-state index contributed by atoms with van der Waals surface area (Å²) in [6.07, 6.45) is 0. The molecule has 0 atom stereocenters. The Morgan fingerprint density at radius 2 is 1.25 bits per heavy atom. The van der Waals surface area contributed by atoms with Gasteiger partial charge in [-0.3, -0.25) is 0 Å². The van der Waals surface area contributed by atoms with Gasteiger partial charge in [0.05, 0.1) is 0 Å². The van der Waals surface area contributed by atoms with E-state index in [9.17, 15) is 0 Å². The smallest absolute Gasteiger partial charge is 0 e. The van der Waals surface area contributed by atoms with Crippen molar-refractivity contribution in [2.24, 2.45) is 0 Å². The molecule has 20 valence electrons. The maximum Gasteiger partial charge on any atom is 0 e. The Kier molecular flexibility index (Phi) is 138. The Bertz CT molecular complexity index is 13.5. The summed E-state index contributed by atoms with van der Waals surface area (Å²) in [7, 11) is 0. The van der Waals surface area contributed by atoms with E-state index in [0.717, 1.165) is 0 Å². The first-order chi connectivity index (χ1) is 0. The third-order valence-corrected chi connectivity index (χ3v) is 0. The molecule has 0 aliphatic heterocycles. The molecular formula is H6MgSSnZn. The summed E-state index contributed by atoms with van der Waals surface area (Å²) in [6.45, 7) is 0. The van der Waals surface area contributed by atoms with Crippen molar-refractivity contribution in [3.8, 4) is 0 Å². The van der Waals surface area contributed by atoms with Crippen molar-refractivity contribution in [1.82, 2.24) is 0 Å². The van der Waals surface area contributed by atoms with E-state index in [0.29, 0.717) is 0 Å². The molecule has 0 aliphatic rings. The van der Waals surface area contributed by atoms with E-state index < -0.39 is 0 Å². The van der Waals surface area contributed by atoms with E-state index in [1.54, 1.807) is 0 Å². The summed E-state index contributed by atoms with van der Waals surface area (Å²) >= 11 is 0. The van der Waals surface area contributed by atoms with Crippen LogP contribution < -0.4 is 0 Å². The summed E-state index contributed by atoms with van der Waals surface area (Å²) in [5, 5.41) is 0. The molecule has 0 nitrogen and oxygen atoms in total. The molecule has 0 aromatic heterocycles. The molecule has 0 unspecified atom stereocenters. The van der Waals surface area contributed by atoms with E-state index in [-0.39, 0.29) is 82.8 Å². The van der Waals surface area contributed by atoms with Gasteiger partial charge < -0.3 is 2.85 Å². The normalized spacial score (nSPS) is 0. The van der Waals surface area contributed by atoms with Crippen LogP contribution in [0.5, 0.6) is 0 Å². The molecule has 0 aromatic carbocycles. The van der Waals surface area contributed by atoms with Crippen molar-refractivity contribution in [1.29, 1.82) is 0 Å². The van der Waals surface area contributed by atoms with Crippen molar-refractivity contribution < 1.29 is 22.3 Å². The number of hydrogen-bond acceptors (Lipinski definition) is 0. The Hall–Kier alpha value is 2.54. The zero-order valence-corrected chi connectivity index (χ0v) is 12.0. The third kappa shape index (κ3) is 8.82. The molecule has 4 heteroatoms. The zero-order chi connectivity index (χ0) is 0. The van der Waals surface area contributed by atoms with E-state index in [2.05, 4.69) is 0 Å². The van der Waals surface area contributed by atoms with Gasteiger partial charge in [0.1, 0.15) is 0 Å². The fraction of sp³-hybridized carbons (Fsp3) is 0. The maximum atomic E-state index is 0. The van der Waals surface area contributed by atoms with Crippen LogP contribution >= 0.6 is 13.5 Å². The Labute approximate surface area is 81.8 Å². The molecule has 0 saturated carbocycles. The fourth-order valence-electron chi connectivity index (χ4n) is 0. The largest absolute Gasteiger partial charge is 0 e. The van der Waals surface area contributed by atoms with Crippen LogP contribution in [0, 0.1) is 0 Å². The van der Waals surface area contributed by atoms with Crippen molar-refractivity contribution in [3.63, 3.8) is 0 Å². The van der Waals surface area contributed by atoms with Crippen LogP contribution in [0.25, 0.3) is 0 Å². The first kappa shape index (κ1) is 31.1.